The van der Waals surface area contributed by atoms with E-state index in [2.05, 4.69) is 4.72 Å². The van der Waals surface area contributed by atoms with Crippen LogP contribution in [0, 0.1) is 0 Å². The molecule has 0 fully saturated rings. The first-order valence-electron chi connectivity index (χ1n) is 5.44. The highest BCUT2D eigenvalue weighted by Gasteiger charge is 2.13. The van der Waals surface area contributed by atoms with Crippen LogP contribution in [0.15, 0.2) is 53.4 Å². The molecule has 0 aliphatic rings. The number of nitrogens with one attached hydrogen (secondary N) is 1. The molecular formula is C13H12ClNO3S. The van der Waals surface area contributed by atoms with Gasteiger partial charge in [-0.15, -0.1) is 0 Å². The van der Waals surface area contributed by atoms with Gasteiger partial charge in [0, 0.05) is 10.7 Å². The molecule has 0 bridgehead atoms. The van der Waals surface area contributed by atoms with Crippen LogP contribution in [0.1, 0.15) is 0 Å². The van der Waals surface area contributed by atoms with Gasteiger partial charge in [0.2, 0.25) is 0 Å². The van der Waals surface area contributed by atoms with Crippen LogP contribution in [-0.2, 0) is 10.0 Å². The van der Waals surface area contributed by atoms with Gasteiger partial charge in [0.25, 0.3) is 10.0 Å². The average Bonchev–Trinajstić information content (AvgIpc) is 2.40. The minimum Gasteiger partial charge on any atom is -0.497 e. The summed E-state index contributed by atoms with van der Waals surface area (Å²) in [6.45, 7) is 0. The number of benzene rings is 2. The number of anilines is 1. The van der Waals surface area contributed by atoms with Crippen molar-refractivity contribution in [3.63, 3.8) is 0 Å². The summed E-state index contributed by atoms with van der Waals surface area (Å²) in [6.07, 6.45) is 0. The van der Waals surface area contributed by atoms with E-state index in [9.17, 15) is 8.42 Å². The number of ether oxygens (including phenoxy) is 1. The summed E-state index contributed by atoms with van der Waals surface area (Å²) < 4.78 is 31.6. The van der Waals surface area contributed by atoms with E-state index >= 15 is 0 Å². The molecule has 0 atom stereocenters. The Morgan fingerprint density at radius 1 is 1.00 bits per heavy atom. The molecule has 0 amide bonds. The van der Waals surface area contributed by atoms with Crippen molar-refractivity contribution in [1.29, 1.82) is 0 Å². The topological polar surface area (TPSA) is 55.4 Å². The molecule has 0 saturated heterocycles. The van der Waals surface area contributed by atoms with Crippen LogP contribution >= 0.6 is 11.6 Å². The van der Waals surface area contributed by atoms with Crippen LogP contribution in [0.4, 0.5) is 5.69 Å². The zero-order valence-electron chi connectivity index (χ0n) is 10.1. The lowest BCUT2D eigenvalue weighted by molar-refractivity contribution is 0.415. The molecule has 2 aromatic carbocycles. The third kappa shape index (κ3) is 3.39. The molecule has 19 heavy (non-hydrogen) atoms. The summed E-state index contributed by atoms with van der Waals surface area (Å²) in [5, 5.41) is 0.489. The Hall–Kier alpha value is -1.72. The highest BCUT2D eigenvalue weighted by Crippen LogP contribution is 2.20. The number of rotatable bonds is 4. The zero-order chi connectivity index (χ0) is 13.9. The number of hydrogen-bond donors (Lipinski definition) is 1. The van der Waals surface area contributed by atoms with E-state index in [1.807, 2.05) is 0 Å². The second-order valence-electron chi connectivity index (χ2n) is 3.79. The van der Waals surface area contributed by atoms with E-state index in [1.54, 1.807) is 31.4 Å². The van der Waals surface area contributed by atoms with E-state index in [4.69, 9.17) is 16.3 Å². The molecule has 1 N–H and O–H groups in total. The summed E-state index contributed by atoms with van der Waals surface area (Å²) in [7, 11) is -2.05. The van der Waals surface area contributed by atoms with E-state index in [-0.39, 0.29) is 4.90 Å². The Bertz CT molecular complexity index is 651. The maximum atomic E-state index is 12.1. The van der Waals surface area contributed by atoms with Gasteiger partial charge in [0.15, 0.2) is 0 Å². The van der Waals surface area contributed by atoms with Gasteiger partial charge >= 0.3 is 0 Å². The molecule has 0 saturated carbocycles. The van der Waals surface area contributed by atoms with Gasteiger partial charge in [-0.3, -0.25) is 4.72 Å². The van der Waals surface area contributed by atoms with Gasteiger partial charge in [0.05, 0.1) is 12.0 Å². The van der Waals surface area contributed by atoms with Gasteiger partial charge in [-0.25, -0.2) is 8.42 Å². The van der Waals surface area contributed by atoms with Crippen LogP contribution in [0.5, 0.6) is 5.75 Å². The molecule has 6 heteroatoms. The molecule has 0 unspecified atom stereocenters. The Balaban J connectivity index is 2.23. The molecular weight excluding hydrogens is 286 g/mol. The van der Waals surface area contributed by atoms with Crippen molar-refractivity contribution in [3.05, 3.63) is 53.6 Å². The molecule has 0 aliphatic heterocycles. The molecule has 0 spiro atoms. The number of halogens is 1. The first kappa shape index (κ1) is 13.7. The number of hydrogen-bond acceptors (Lipinski definition) is 3. The Morgan fingerprint density at radius 3 is 2.11 bits per heavy atom. The van der Waals surface area contributed by atoms with E-state index in [0.29, 0.717) is 16.5 Å². The summed E-state index contributed by atoms with van der Waals surface area (Å²) in [5.41, 5.74) is 0.468. The fraction of sp³-hybridized carbons (Fsp3) is 0.0769. The molecule has 0 aromatic heterocycles. The Kier molecular flexibility index (Phi) is 3.97. The second-order valence-corrected chi connectivity index (χ2v) is 5.91. The van der Waals surface area contributed by atoms with E-state index in [0.717, 1.165) is 0 Å². The lowest BCUT2D eigenvalue weighted by Gasteiger charge is -2.08. The van der Waals surface area contributed by atoms with Gasteiger partial charge in [-0.2, -0.15) is 0 Å². The first-order chi connectivity index (χ1) is 9.01. The van der Waals surface area contributed by atoms with Crippen LogP contribution < -0.4 is 9.46 Å². The molecule has 100 valence electrons. The molecule has 0 heterocycles. The predicted molar refractivity (Wildman–Crippen MR) is 75.3 cm³/mol. The normalized spacial score (nSPS) is 11.1. The standard InChI is InChI=1S/C13H12ClNO3S/c1-18-12-6-4-11(5-7-12)15-19(16,17)13-8-2-10(14)3-9-13/h2-9,15H,1H3. The third-order valence-corrected chi connectivity index (χ3v) is 4.12. The Morgan fingerprint density at radius 2 is 1.58 bits per heavy atom. The minimum atomic E-state index is -3.60. The molecule has 2 aromatic rings. The van der Waals surface area contributed by atoms with E-state index < -0.39 is 10.0 Å². The molecule has 0 radical (unpaired) electrons. The number of methoxy groups -OCH3 is 1. The van der Waals surface area contributed by atoms with Crippen molar-refractivity contribution in [2.75, 3.05) is 11.8 Å². The fourth-order valence-electron chi connectivity index (χ4n) is 1.49. The smallest absolute Gasteiger partial charge is 0.261 e. The minimum absolute atomic E-state index is 0.160. The highest BCUT2D eigenvalue weighted by atomic mass is 35.5. The maximum absolute atomic E-state index is 12.1. The van der Waals surface area contributed by atoms with Gasteiger partial charge in [0.1, 0.15) is 5.75 Å². The second kappa shape index (κ2) is 5.50. The monoisotopic (exact) mass is 297 g/mol. The van der Waals surface area contributed by atoms with Crippen molar-refractivity contribution in [2.24, 2.45) is 0 Å². The predicted octanol–water partition coefficient (Wildman–Crippen LogP) is 3.15. The highest BCUT2D eigenvalue weighted by molar-refractivity contribution is 7.92. The van der Waals surface area contributed by atoms with Crippen molar-refractivity contribution >= 4 is 27.3 Å². The average molecular weight is 298 g/mol. The van der Waals surface area contributed by atoms with Crippen molar-refractivity contribution in [3.8, 4) is 5.75 Å². The summed E-state index contributed by atoms with van der Waals surface area (Å²) in [5.74, 6) is 0.662. The lowest BCUT2D eigenvalue weighted by atomic mass is 10.3. The van der Waals surface area contributed by atoms with E-state index in [1.165, 1.54) is 24.3 Å². The summed E-state index contributed by atoms with van der Waals surface area (Å²) >= 11 is 5.73. The quantitative estimate of drug-likeness (QED) is 0.943. The lowest BCUT2D eigenvalue weighted by Crippen LogP contribution is -2.12. The van der Waals surface area contributed by atoms with Crippen molar-refractivity contribution < 1.29 is 13.2 Å². The molecule has 4 nitrogen and oxygen atoms in total. The largest absolute Gasteiger partial charge is 0.497 e. The van der Waals surface area contributed by atoms with Gasteiger partial charge < -0.3 is 4.74 Å². The first-order valence-corrected chi connectivity index (χ1v) is 7.30. The SMILES string of the molecule is COc1ccc(NS(=O)(=O)c2ccc(Cl)cc2)cc1. The number of sulfonamides is 1. The van der Waals surface area contributed by atoms with Crippen LogP contribution in [-0.4, -0.2) is 15.5 Å². The fourth-order valence-corrected chi connectivity index (χ4v) is 2.67. The molecule has 0 aliphatic carbocycles. The summed E-state index contributed by atoms with van der Waals surface area (Å²) in [4.78, 5) is 0.160. The molecule has 2 rings (SSSR count). The van der Waals surface area contributed by atoms with Crippen molar-refractivity contribution in [2.45, 2.75) is 4.90 Å². The Labute approximate surface area is 117 Å². The van der Waals surface area contributed by atoms with Crippen LogP contribution in [0.25, 0.3) is 0 Å². The summed E-state index contributed by atoms with van der Waals surface area (Å²) in [6, 6.07) is 12.6. The van der Waals surface area contributed by atoms with Gasteiger partial charge in [-0.1, -0.05) is 11.6 Å². The van der Waals surface area contributed by atoms with Crippen LogP contribution in [0.3, 0.4) is 0 Å². The zero-order valence-corrected chi connectivity index (χ0v) is 11.7. The van der Waals surface area contributed by atoms with Crippen molar-refractivity contribution in [1.82, 2.24) is 0 Å². The van der Waals surface area contributed by atoms with Crippen LogP contribution in [0.2, 0.25) is 5.02 Å². The maximum Gasteiger partial charge on any atom is 0.261 e. The van der Waals surface area contributed by atoms with Gasteiger partial charge in [-0.05, 0) is 48.5 Å². The third-order valence-electron chi connectivity index (χ3n) is 2.47.